The molecular formula is C16H13ClN4O2. The molecule has 0 atom stereocenters. The third-order valence-electron chi connectivity index (χ3n) is 3.34. The second-order valence-corrected chi connectivity index (χ2v) is 5.48. The number of nitrogens with one attached hydrogen (secondary N) is 3. The molecule has 0 saturated carbocycles. The van der Waals surface area contributed by atoms with E-state index in [1.54, 1.807) is 49.5 Å². The van der Waals surface area contributed by atoms with Gasteiger partial charge in [0.05, 0.1) is 11.7 Å². The summed E-state index contributed by atoms with van der Waals surface area (Å²) in [6.45, 7) is 1.80. The van der Waals surface area contributed by atoms with Gasteiger partial charge in [0, 0.05) is 21.8 Å². The van der Waals surface area contributed by atoms with Gasteiger partial charge in [-0.15, -0.1) is 0 Å². The Morgan fingerprint density at radius 3 is 2.65 bits per heavy atom. The van der Waals surface area contributed by atoms with Crippen molar-refractivity contribution in [1.82, 2.24) is 10.2 Å². The zero-order chi connectivity index (χ0) is 16.4. The van der Waals surface area contributed by atoms with Crippen LogP contribution in [0.5, 0.6) is 0 Å². The molecule has 1 aromatic heterocycles. The van der Waals surface area contributed by atoms with Crippen molar-refractivity contribution in [3.05, 3.63) is 53.2 Å². The second-order valence-electron chi connectivity index (χ2n) is 5.04. The number of rotatable bonds is 2. The van der Waals surface area contributed by atoms with Gasteiger partial charge in [0.2, 0.25) is 0 Å². The highest BCUT2D eigenvalue weighted by atomic mass is 35.5. The summed E-state index contributed by atoms with van der Waals surface area (Å²) < 4.78 is 0. The highest BCUT2D eigenvalue weighted by molar-refractivity contribution is 6.43. The van der Waals surface area contributed by atoms with Crippen molar-refractivity contribution in [3.63, 3.8) is 0 Å². The molecule has 6 nitrogen and oxygen atoms in total. The number of carbonyl (C=O) groups is 2. The molecule has 3 N–H and O–H groups in total. The zero-order valence-corrected chi connectivity index (χ0v) is 12.9. The van der Waals surface area contributed by atoms with Crippen LogP contribution in [-0.2, 0) is 9.59 Å². The van der Waals surface area contributed by atoms with Crippen molar-refractivity contribution in [1.29, 1.82) is 0 Å². The monoisotopic (exact) mass is 328 g/mol. The van der Waals surface area contributed by atoms with Crippen molar-refractivity contribution in [2.75, 3.05) is 10.6 Å². The summed E-state index contributed by atoms with van der Waals surface area (Å²) in [4.78, 5) is 24.0. The van der Waals surface area contributed by atoms with Crippen molar-refractivity contribution in [2.24, 2.45) is 0 Å². The van der Waals surface area contributed by atoms with E-state index in [1.165, 1.54) is 0 Å². The Bertz CT molecular complexity index is 904. The van der Waals surface area contributed by atoms with E-state index in [9.17, 15) is 9.59 Å². The lowest BCUT2D eigenvalue weighted by Gasteiger charge is -2.09. The minimum Gasteiger partial charge on any atom is -0.318 e. The number of halogens is 1. The predicted octanol–water partition coefficient (Wildman–Crippen LogP) is 3.10. The van der Waals surface area contributed by atoms with Crippen molar-refractivity contribution >= 4 is 45.7 Å². The van der Waals surface area contributed by atoms with E-state index in [4.69, 9.17) is 11.6 Å². The van der Waals surface area contributed by atoms with Crippen LogP contribution < -0.4 is 10.6 Å². The van der Waals surface area contributed by atoms with Gasteiger partial charge in [0.25, 0.3) is 0 Å². The largest absolute Gasteiger partial charge is 0.318 e. The summed E-state index contributed by atoms with van der Waals surface area (Å²) in [5.74, 6) is -1.50. The maximum Gasteiger partial charge on any atom is 0.314 e. The molecule has 0 unspecified atom stereocenters. The van der Waals surface area contributed by atoms with Crippen LogP contribution in [0, 0.1) is 6.92 Å². The molecule has 7 heteroatoms. The van der Waals surface area contributed by atoms with Gasteiger partial charge in [-0.05, 0) is 48.9 Å². The van der Waals surface area contributed by atoms with Crippen LogP contribution in [0.15, 0.2) is 42.6 Å². The molecule has 0 saturated heterocycles. The van der Waals surface area contributed by atoms with Crippen molar-refractivity contribution < 1.29 is 9.59 Å². The molecule has 2 aromatic carbocycles. The number of aromatic amines is 1. The number of aromatic nitrogens is 2. The Morgan fingerprint density at radius 2 is 1.87 bits per heavy atom. The van der Waals surface area contributed by atoms with Crippen LogP contribution in [0.25, 0.3) is 10.9 Å². The lowest BCUT2D eigenvalue weighted by molar-refractivity contribution is -0.133. The summed E-state index contributed by atoms with van der Waals surface area (Å²) in [6, 6.07) is 10.2. The molecule has 1 heterocycles. The fourth-order valence-electron chi connectivity index (χ4n) is 2.15. The number of amides is 2. The summed E-state index contributed by atoms with van der Waals surface area (Å²) in [7, 11) is 0. The number of benzene rings is 2. The fourth-order valence-corrected chi connectivity index (χ4v) is 2.38. The molecule has 0 aliphatic heterocycles. The lowest BCUT2D eigenvalue weighted by Crippen LogP contribution is -2.29. The van der Waals surface area contributed by atoms with Gasteiger partial charge in [-0.1, -0.05) is 11.6 Å². The van der Waals surface area contributed by atoms with Crippen LogP contribution in [0.1, 0.15) is 5.56 Å². The number of anilines is 2. The van der Waals surface area contributed by atoms with Crippen LogP contribution in [-0.4, -0.2) is 22.0 Å². The molecule has 2 amide bonds. The molecule has 3 aromatic rings. The first-order valence-electron chi connectivity index (χ1n) is 6.84. The number of carbonyl (C=O) groups excluding carboxylic acids is 2. The maximum absolute atomic E-state index is 12.0. The molecule has 0 aliphatic carbocycles. The van der Waals surface area contributed by atoms with Crippen molar-refractivity contribution in [3.8, 4) is 0 Å². The molecule has 0 radical (unpaired) electrons. The Morgan fingerprint density at radius 1 is 1.09 bits per heavy atom. The first-order valence-corrected chi connectivity index (χ1v) is 7.22. The number of nitrogens with zero attached hydrogens (tertiary/aromatic N) is 1. The molecule has 0 fully saturated rings. The van der Waals surface area contributed by atoms with Gasteiger partial charge in [0.1, 0.15) is 0 Å². The minimum absolute atomic E-state index is 0.509. The van der Waals surface area contributed by atoms with Gasteiger partial charge >= 0.3 is 11.8 Å². The van der Waals surface area contributed by atoms with E-state index in [2.05, 4.69) is 20.8 Å². The molecule has 116 valence electrons. The summed E-state index contributed by atoms with van der Waals surface area (Å²) in [6.07, 6.45) is 1.68. The van der Waals surface area contributed by atoms with Gasteiger partial charge in [-0.25, -0.2) is 0 Å². The van der Waals surface area contributed by atoms with Gasteiger partial charge in [-0.2, -0.15) is 5.10 Å². The average molecular weight is 329 g/mol. The number of fused-ring (bicyclic) bond motifs is 1. The Labute approximate surface area is 136 Å². The number of hydrogen-bond donors (Lipinski definition) is 3. The van der Waals surface area contributed by atoms with Crippen LogP contribution in [0.4, 0.5) is 11.4 Å². The second kappa shape index (κ2) is 6.10. The zero-order valence-electron chi connectivity index (χ0n) is 12.2. The Hall–Kier alpha value is -2.86. The topological polar surface area (TPSA) is 86.9 Å². The van der Waals surface area contributed by atoms with Crippen LogP contribution in [0.3, 0.4) is 0 Å². The Balaban J connectivity index is 1.70. The average Bonchev–Trinajstić information content (AvgIpc) is 2.97. The maximum atomic E-state index is 12.0. The van der Waals surface area contributed by atoms with Gasteiger partial charge in [-0.3, -0.25) is 14.7 Å². The smallest absolute Gasteiger partial charge is 0.314 e. The van der Waals surface area contributed by atoms with E-state index < -0.39 is 11.8 Å². The highest BCUT2D eigenvalue weighted by Gasteiger charge is 2.15. The molecule has 3 rings (SSSR count). The summed E-state index contributed by atoms with van der Waals surface area (Å²) >= 11 is 5.86. The molecule has 0 bridgehead atoms. The van der Waals surface area contributed by atoms with Crippen LogP contribution in [0.2, 0.25) is 5.02 Å². The SMILES string of the molecule is Cc1cc(Cl)ccc1NC(=O)C(=O)Nc1ccc2cn[nH]c2c1. The number of H-pyrrole nitrogens is 1. The number of hydrogen-bond acceptors (Lipinski definition) is 3. The van der Waals surface area contributed by atoms with E-state index in [0.717, 1.165) is 16.5 Å². The van der Waals surface area contributed by atoms with Crippen LogP contribution >= 0.6 is 11.6 Å². The quantitative estimate of drug-likeness (QED) is 0.632. The highest BCUT2D eigenvalue weighted by Crippen LogP contribution is 2.20. The molecular weight excluding hydrogens is 316 g/mol. The minimum atomic E-state index is -0.752. The van der Waals surface area contributed by atoms with Gasteiger partial charge in [0.15, 0.2) is 0 Å². The van der Waals surface area contributed by atoms with E-state index >= 15 is 0 Å². The standard InChI is InChI=1S/C16H13ClN4O2/c1-9-6-11(17)3-5-13(9)20-16(23)15(22)19-12-4-2-10-8-18-21-14(10)7-12/h2-8H,1H3,(H,18,21)(H,19,22)(H,20,23). The summed E-state index contributed by atoms with van der Waals surface area (Å²) in [5.41, 5.74) is 2.60. The fraction of sp³-hybridized carbons (Fsp3) is 0.0625. The van der Waals surface area contributed by atoms with E-state index in [-0.39, 0.29) is 0 Å². The molecule has 0 spiro atoms. The molecule has 23 heavy (non-hydrogen) atoms. The van der Waals surface area contributed by atoms with E-state index in [0.29, 0.717) is 16.4 Å². The first-order chi connectivity index (χ1) is 11.0. The third-order valence-corrected chi connectivity index (χ3v) is 3.58. The first kappa shape index (κ1) is 15.1. The Kier molecular flexibility index (Phi) is 3.99. The third kappa shape index (κ3) is 3.32. The predicted molar refractivity (Wildman–Crippen MR) is 89.5 cm³/mol. The molecule has 0 aliphatic rings. The number of aryl methyl sites for hydroxylation is 1. The normalized spacial score (nSPS) is 10.5. The summed E-state index contributed by atoms with van der Waals surface area (Å²) in [5, 5.41) is 13.3. The van der Waals surface area contributed by atoms with Crippen molar-refractivity contribution in [2.45, 2.75) is 6.92 Å². The van der Waals surface area contributed by atoms with E-state index in [1.807, 2.05) is 0 Å². The lowest BCUT2D eigenvalue weighted by atomic mass is 10.2. The van der Waals surface area contributed by atoms with Gasteiger partial charge < -0.3 is 10.6 Å².